The van der Waals surface area contributed by atoms with Gasteiger partial charge in [-0.2, -0.15) is 0 Å². The van der Waals surface area contributed by atoms with E-state index >= 15 is 0 Å². The maximum atomic E-state index is 14.0. The molecule has 0 radical (unpaired) electrons. The molecule has 1 saturated carbocycles. The fraction of sp³-hybridized carbons (Fsp3) is 0.571. The molecule has 0 saturated heterocycles. The fourth-order valence-corrected chi connectivity index (χ4v) is 2.08. The van der Waals surface area contributed by atoms with E-state index < -0.39 is 11.9 Å². The average molecular weight is 237 g/mol. The molecule has 1 atom stereocenters. The van der Waals surface area contributed by atoms with Crippen molar-refractivity contribution < 1.29 is 9.50 Å². The highest BCUT2D eigenvalue weighted by Crippen LogP contribution is 2.37. The number of aliphatic hydroxyl groups is 1. The third-order valence-electron chi connectivity index (χ3n) is 3.16. The van der Waals surface area contributed by atoms with Gasteiger partial charge in [0.05, 0.1) is 0 Å². The van der Waals surface area contributed by atoms with E-state index in [1.807, 2.05) is 6.08 Å². The van der Waals surface area contributed by atoms with Crippen LogP contribution in [0.1, 0.15) is 40.0 Å². The van der Waals surface area contributed by atoms with Crippen LogP contribution in [-0.4, -0.2) is 17.0 Å². The van der Waals surface area contributed by atoms with Gasteiger partial charge in [0.15, 0.2) is 0 Å². The van der Waals surface area contributed by atoms with Crippen molar-refractivity contribution >= 4 is 0 Å². The number of nitrogens with one attached hydrogen (secondary N) is 1. The first-order valence-corrected chi connectivity index (χ1v) is 6.11. The maximum absolute atomic E-state index is 14.0. The zero-order valence-corrected chi connectivity index (χ0v) is 10.7. The highest BCUT2D eigenvalue weighted by molar-refractivity contribution is 5.44. The van der Waals surface area contributed by atoms with E-state index in [1.54, 1.807) is 19.9 Å². The summed E-state index contributed by atoms with van der Waals surface area (Å²) in [5.41, 5.74) is 3.19. The molecule has 94 valence electrons. The van der Waals surface area contributed by atoms with Crippen LogP contribution in [0.25, 0.3) is 0 Å². The van der Waals surface area contributed by atoms with E-state index in [0.29, 0.717) is 12.1 Å². The first-order chi connectivity index (χ1) is 7.87. The average Bonchev–Trinajstić information content (AvgIpc) is 3.01. The standard InChI is InChI=1S/C14H20FNO/c1-9(10-4-5-10)11-6-7-13(12(15)8-11)16-14(2,3)17/h6-7,12,16-17H,4-5,8H2,1-3H3. The summed E-state index contributed by atoms with van der Waals surface area (Å²) < 4.78 is 14.0. The van der Waals surface area contributed by atoms with Gasteiger partial charge in [0, 0.05) is 12.1 Å². The van der Waals surface area contributed by atoms with Gasteiger partial charge in [0.25, 0.3) is 0 Å². The predicted octanol–water partition coefficient (Wildman–Crippen LogP) is 2.97. The minimum absolute atomic E-state index is 0.407. The van der Waals surface area contributed by atoms with Gasteiger partial charge in [-0.1, -0.05) is 11.6 Å². The first kappa shape index (κ1) is 12.4. The van der Waals surface area contributed by atoms with Crippen molar-refractivity contribution in [1.29, 1.82) is 0 Å². The van der Waals surface area contributed by atoms with Crippen LogP contribution in [-0.2, 0) is 0 Å². The minimum atomic E-state index is -1.08. The lowest BCUT2D eigenvalue weighted by atomic mass is 9.94. The third kappa shape index (κ3) is 3.19. The van der Waals surface area contributed by atoms with E-state index in [9.17, 15) is 9.50 Å². The van der Waals surface area contributed by atoms with E-state index in [4.69, 9.17) is 0 Å². The van der Waals surface area contributed by atoms with Gasteiger partial charge in [-0.15, -0.1) is 0 Å². The lowest BCUT2D eigenvalue weighted by molar-refractivity contribution is 0.0493. The number of rotatable bonds is 3. The van der Waals surface area contributed by atoms with Crippen LogP contribution in [0, 0.1) is 0 Å². The molecule has 0 aliphatic heterocycles. The Hall–Kier alpha value is -1.09. The quantitative estimate of drug-likeness (QED) is 0.740. The van der Waals surface area contributed by atoms with Crippen LogP contribution in [0.3, 0.4) is 0 Å². The monoisotopic (exact) mass is 237 g/mol. The van der Waals surface area contributed by atoms with Gasteiger partial charge in [0.2, 0.25) is 0 Å². The van der Waals surface area contributed by atoms with E-state index in [2.05, 4.69) is 12.2 Å². The van der Waals surface area contributed by atoms with Crippen molar-refractivity contribution in [1.82, 2.24) is 5.32 Å². The second kappa shape index (κ2) is 4.30. The van der Waals surface area contributed by atoms with Crippen LogP contribution in [0.4, 0.5) is 4.39 Å². The molecule has 0 aromatic rings. The Morgan fingerprint density at radius 2 is 2.06 bits per heavy atom. The largest absolute Gasteiger partial charge is 0.372 e. The van der Waals surface area contributed by atoms with Crippen LogP contribution in [0.5, 0.6) is 0 Å². The minimum Gasteiger partial charge on any atom is -0.372 e. The normalized spacial score (nSPS) is 24.1. The molecular weight excluding hydrogens is 217 g/mol. The highest BCUT2D eigenvalue weighted by Gasteiger charge is 2.25. The number of hydrogen-bond acceptors (Lipinski definition) is 2. The van der Waals surface area contributed by atoms with E-state index in [-0.39, 0.29) is 0 Å². The van der Waals surface area contributed by atoms with Crippen LogP contribution < -0.4 is 5.32 Å². The van der Waals surface area contributed by atoms with Crippen LogP contribution in [0.15, 0.2) is 34.6 Å². The van der Waals surface area contributed by atoms with Gasteiger partial charge in [-0.05, 0) is 50.8 Å². The van der Waals surface area contributed by atoms with Crippen molar-refractivity contribution in [2.24, 2.45) is 0 Å². The fourth-order valence-electron chi connectivity index (χ4n) is 2.08. The molecular formula is C14H20FNO. The number of halogens is 1. The molecule has 0 spiro atoms. The Labute approximate surface area is 102 Å². The highest BCUT2D eigenvalue weighted by atomic mass is 19.1. The smallest absolute Gasteiger partial charge is 0.143 e. The molecule has 0 aromatic carbocycles. The summed E-state index contributed by atoms with van der Waals surface area (Å²) in [6.45, 7) is 5.29. The van der Waals surface area contributed by atoms with Crippen molar-refractivity contribution in [3.8, 4) is 0 Å². The van der Waals surface area contributed by atoms with Gasteiger partial charge in [-0.3, -0.25) is 0 Å². The molecule has 2 nitrogen and oxygen atoms in total. The summed E-state index contributed by atoms with van der Waals surface area (Å²) >= 11 is 0. The maximum Gasteiger partial charge on any atom is 0.143 e. The molecule has 0 bridgehead atoms. The molecule has 0 amide bonds. The number of allylic oxidation sites excluding steroid dienone is 6. The molecule has 3 heteroatoms. The molecule has 17 heavy (non-hydrogen) atoms. The molecule has 2 rings (SSSR count). The Bertz CT molecular complexity index is 406. The lowest BCUT2D eigenvalue weighted by Gasteiger charge is -2.27. The molecule has 2 aliphatic rings. The van der Waals surface area contributed by atoms with Crippen molar-refractivity contribution in [2.75, 3.05) is 0 Å². The van der Waals surface area contributed by atoms with Gasteiger partial charge in [0.1, 0.15) is 11.9 Å². The van der Waals surface area contributed by atoms with E-state index in [1.165, 1.54) is 24.0 Å². The number of alkyl halides is 1. The lowest BCUT2D eigenvalue weighted by Crippen LogP contribution is -2.41. The second-order valence-electron chi connectivity index (χ2n) is 5.40. The summed E-state index contributed by atoms with van der Waals surface area (Å²) in [6.07, 6.45) is 5.40. The Morgan fingerprint density at radius 3 is 2.53 bits per heavy atom. The zero-order valence-electron chi connectivity index (χ0n) is 10.7. The summed E-state index contributed by atoms with van der Waals surface area (Å²) in [4.78, 5) is 0. The van der Waals surface area contributed by atoms with Gasteiger partial charge >= 0.3 is 0 Å². The summed E-state index contributed by atoms with van der Waals surface area (Å²) in [5, 5.41) is 12.4. The summed E-state index contributed by atoms with van der Waals surface area (Å²) in [5.74, 6) is 0. The van der Waals surface area contributed by atoms with Crippen molar-refractivity contribution in [3.05, 3.63) is 34.6 Å². The summed E-state index contributed by atoms with van der Waals surface area (Å²) in [6, 6.07) is 0. The van der Waals surface area contributed by atoms with Crippen molar-refractivity contribution in [3.63, 3.8) is 0 Å². The van der Waals surface area contributed by atoms with Gasteiger partial charge < -0.3 is 10.4 Å². The van der Waals surface area contributed by atoms with Crippen LogP contribution in [0.2, 0.25) is 0 Å². The Balaban J connectivity index is 2.14. The number of hydrogen-bond donors (Lipinski definition) is 2. The zero-order chi connectivity index (χ0) is 12.6. The topological polar surface area (TPSA) is 32.3 Å². The molecule has 1 unspecified atom stereocenters. The SMILES string of the molecule is CC(C1=CC=C(NC(C)(C)O)C(F)C1)=C1CC1. The van der Waals surface area contributed by atoms with Crippen molar-refractivity contribution in [2.45, 2.75) is 51.9 Å². The Morgan fingerprint density at radius 1 is 1.41 bits per heavy atom. The summed E-state index contributed by atoms with van der Waals surface area (Å²) in [7, 11) is 0. The molecule has 0 heterocycles. The molecule has 0 aromatic heterocycles. The first-order valence-electron chi connectivity index (χ1n) is 6.11. The van der Waals surface area contributed by atoms with E-state index in [0.717, 1.165) is 5.57 Å². The molecule has 2 N–H and O–H groups in total. The third-order valence-corrected chi connectivity index (χ3v) is 3.16. The van der Waals surface area contributed by atoms with Gasteiger partial charge in [-0.25, -0.2) is 4.39 Å². The molecule has 2 aliphatic carbocycles. The Kier molecular flexibility index (Phi) is 3.13. The molecule has 1 fully saturated rings. The predicted molar refractivity (Wildman–Crippen MR) is 67.0 cm³/mol. The second-order valence-corrected chi connectivity index (χ2v) is 5.40. The van der Waals surface area contributed by atoms with Crippen LogP contribution >= 0.6 is 0 Å².